The molecule has 0 fully saturated rings. The van der Waals surface area contributed by atoms with Gasteiger partial charge in [-0.25, -0.2) is 0 Å². The van der Waals surface area contributed by atoms with Crippen molar-refractivity contribution in [2.24, 2.45) is 0 Å². The molecule has 0 spiro atoms. The van der Waals surface area contributed by atoms with Crippen LogP contribution in [-0.2, 0) is 14.4 Å². The van der Waals surface area contributed by atoms with Gasteiger partial charge in [0.2, 0.25) is 5.91 Å². The minimum atomic E-state index is -0.897. The standard InChI is InChI=1S/C17H15BrClN3O3/c1-10-8-12(19)4-7-14(10)22-15(23)9-20-16(24)17(25)21-13-5-2-11(18)3-6-13/h2-8H,9H2,1H3,(H,20,24)(H,21,25)(H,22,23). The Labute approximate surface area is 158 Å². The van der Waals surface area contributed by atoms with E-state index in [1.807, 2.05) is 0 Å². The lowest BCUT2D eigenvalue weighted by molar-refractivity contribution is -0.136. The number of amides is 3. The summed E-state index contributed by atoms with van der Waals surface area (Å²) < 4.78 is 0.851. The van der Waals surface area contributed by atoms with Gasteiger partial charge in [0.1, 0.15) is 0 Å². The fraction of sp³-hybridized carbons (Fsp3) is 0.118. The van der Waals surface area contributed by atoms with Crippen molar-refractivity contribution in [1.29, 1.82) is 0 Å². The zero-order chi connectivity index (χ0) is 18.4. The van der Waals surface area contributed by atoms with Crippen molar-refractivity contribution in [1.82, 2.24) is 5.32 Å². The molecule has 0 aliphatic rings. The normalized spacial score (nSPS) is 10.0. The molecule has 0 saturated carbocycles. The molecule has 0 bridgehead atoms. The quantitative estimate of drug-likeness (QED) is 0.659. The topological polar surface area (TPSA) is 87.3 Å². The summed E-state index contributed by atoms with van der Waals surface area (Å²) in [6.45, 7) is 1.47. The number of benzene rings is 2. The van der Waals surface area contributed by atoms with Gasteiger partial charge in [0, 0.05) is 20.9 Å². The first-order valence-electron chi connectivity index (χ1n) is 7.26. The van der Waals surface area contributed by atoms with Crippen LogP contribution >= 0.6 is 27.5 Å². The molecule has 3 amide bonds. The summed E-state index contributed by atoms with van der Waals surface area (Å²) in [6, 6.07) is 11.8. The third-order valence-corrected chi connectivity index (χ3v) is 3.94. The first-order chi connectivity index (χ1) is 11.8. The van der Waals surface area contributed by atoms with E-state index in [4.69, 9.17) is 11.6 Å². The highest BCUT2D eigenvalue weighted by molar-refractivity contribution is 9.10. The number of nitrogens with one attached hydrogen (secondary N) is 3. The Morgan fingerprint density at radius 3 is 2.32 bits per heavy atom. The van der Waals surface area contributed by atoms with Crippen molar-refractivity contribution in [2.75, 3.05) is 17.2 Å². The molecule has 0 aliphatic heterocycles. The molecule has 130 valence electrons. The highest BCUT2D eigenvalue weighted by Crippen LogP contribution is 2.19. The van der Waals surface area contributed by atoms with Crippen molar-refractivity contribution in [2.45, 2.75) is 6.92 Å². The lowest BCUT2D eigenvalue weighted by Crippen LogP contribution is -2.39. The number of hydrogen-bond donors (Lipinski definition) is 3. The molecule has 6 nitrogen and oxygen atoms in total. The van der Waals surface area contributed by atoms with Crippen LogP contribution < -0.4 is 16.0 Å². The largest absolute Gasteiger partial charge is 0.339 e. The smallest absolute Gasteiger partial charge is 0.313 e. The summed E-state index contributed by atoms with van der Waals surface area (Å²) in [5, 5.41) is 7.91. The van der Waals surface area contributed by atoms with Gasteiger partial charge in [0.15, 0.2) is 0 Å². The van der Waals surface area contributed by atoms with Gasteiger partial charge in [-0.15, -0.1) is 0 Å². The van der Waals surface area contributed by atoms with E-state index in [0.29, 0.717) is 16.4 Å². The van der Waals surface area contributed by atoms with Crippen LogP contribution in [0, 0.1) is 6.92 Å². The van der Waals surface area contributed by atoms with Crippen LogP contribution in [0.25, 0.3) is 0 Å². The first-order valence-corrected chi connectivity index (χ1v) is 8.43. The Kier molecular flexibility index (Phi) is 6.55. The predicted octanol–water partition coefficient (Wildman–Crippen LogP) is 3.10. The highest BCUT2D eigenvalue weighted by Gasteiger charge is 2.15. The van der Waals surface area contributed by atoms with Gasteiger partial charge < -0.3 is 16.0 Å². The highest BCUT2D eigenvalue weighted by atomic mass is 79.9. The zero-order valence-corrected chi connectivity index (χ0v) is 15.6. The molecule has 0 unspecified atom stereocenters. The lowest BCUT2D eigenvalue weighted by Gasteiger charge is -2.10. The zero-order valence-electron chi connectivity index (χ0n) is 13.2. The van der Waals surface area contributed by atoms with E-state index < -0.39 is 17.7 Å². The molecule has 25 heavy (non-hydrogen) atoms. The van der Waals surface area contributed by atoms with Crippen molar-refractivity contribution in [3.63, 3.8) is 0 Å². The lowest BCUT2D eigenvalue weighted by atomic mass is 10.2. The van der Waals surface area contributed by atoms with Gasteiger partial charge in [-0.3, -0.25) is 14.4 Å². The number of anilines is 2. The van der Waals surface area contributed by atoms with E-state index in [9.17, 15) is 14.4 Å². The Hall–Kier alpha value is -2.38. The van der Waals surface area contributed by atoms with Gasteiger partial charge in [0.05, 0.1) is 6.54 Å². The van der Waals surface area contributed by atoms with Gasteiger partial charge in [-0.1, -0.05) is 27.5 Å². The number of hydrogen-bond acceptors (Lipinski definition) is 3. The molecule has 0 atom stereocenters. The van der Waals surface area contributed by atoms with Crippen LogP contribution in [0.1, 0.15) is 5.56 Å². The fourth-order valence-electron chi connectivity index (χ4n) is 1.92. The van der Waals surface area contributed by atoms with E-state index in [1.54, 1.807) is 49.4 Å². The average Bonchev–Trinajstić information content (AvgIpc) is 2.57. The minimum Gasteiger partial charge on any atom is -0.339 e. The number of halogens is 2. The molecule has 0 heterocycles. The van der Waals surface area contributed by atoms with E-state index >= 15 is 0 Å². The maximum Gasteiger partial charge on any atom is 0.313 e. The molecule has 2 aromatic carbocycles. The molecule has 8 heteroatoms. The van der Waals surface area contributed by atoms with Crippen LogP contribution in [0.3, 0.4) is 0 Å². The Morgan fingerprint density at radius 2 is 1.68 bits per heavy atom. The average molecular weight is 425 g/mol. The second kappa shape index (κ2) is 8.64. The molecule has 0 aliphatic carbocycles. The predicted molar refractivity (Wildman–Crippen MR) is 101 cm³/mol. The maximum absolute atomic E-state index is 11.9. The van der Waals surface area contributed by atoms with Gasteiger partial charge in [-0.05, 0) is 55.0 Å². The second-order valence-electron chi connectivity index (χ2n) is 5.15. The monoisotopic (exact) mass is 423 g/mol. The van der Waals surface area contributed by atoms with Gasteiger partial charge >= 0.3 is 11.8 Å². The van der Waals surface area contributed by atoms with Crippen LogP contribution in [0.4, 0.5) is 11.4 Å². The Morgan fingerprint density at radius 1 is 1.00 bits per heavy atom. The first kappa shape index (κ1) is 19.0. The van der Waals surface area contributed by atoms with E-state index in [0.717, 1.165) is 10.0 Å². The Bertz CT molecular complexity index is 809. The summed E-state index contributed by atoms with van der Waals surface area (Å²) in [6.07, 6.45) is 0. The molecule has 0 saturated heterocycles. The summed E-state index contributed by atoms with van der Waals surface area (Å²) in [5.41, 5.74) is 1.85. The second-order valence-corrected chi connectivity index (χ2v) is 6.50. The number of carbonyl (C=O) groups excluding carboxylic acids is 3. The summed E-state index contributed by atoms with van der Waals surface area (Å²) >= 11 is 9.12. The van der Waals surface area contributed by atoms with Gasteiger partial charge in [-0.2, -0.15) is 0 Å². The fourth-order valence-corrected chi connectivity index (χ4v) is 2.41. The number of rotatable bonds is 4. The van der Waals surface area contributed by atoms with E-state index in [-0.39, 0.29) is 6.54 Å². The summed E-state index contributed by atoms with van der Waals surface area (Å²) in [4.78, 5) is 35.4. The van der Waals surface area contributed by atoms with Crippen molar-refractivity contribution >= 4 is 56.6 Å². The number of carbonyl (C=O) groups is 3. The third kappa shape index (κ3) is 5.88. The van der Waals surface area contributed by atoms with Crippen LogP contribution in [0.15, 0.2) is 46.9 Å². The molecule has 2 aromatic rings. The molecule has 2 rings (SSSR count). The molecule has 0 radical (unpaired) electrons. The maximum atomic E-state index is 11.9. The molecular formula is C17H15BrClN3O3. The van der Waals surface area contributed by atoms with Gasteiger partial charge in [0.25, 0.3) is 0 Å². The van der Waals surface area contributed by atoms with Crippen molar-refractivity contribution in [3.8, 4) is 0 Å². The third-order valence-electron chi connectivity index (χ3n) is 3.18. The SMILES string of the molecule is Cc1cc(Cl)ccc1NC(=O)CNC(=O)C(=O)Nc1ccc(Br)cc1. The summed E-state index contributed by atoms with van der Waals surface area (Å²) in [5.74, 6) is -2.20. The van der Waals surface area contributed by atoms with Crippen molar-refractivity contribution < 1.29 is 14.4 Å². The van der Waals surface area contributed by atoms with Crippen LogP contribution in [-0.4, -0.2) is 24.3 Å². The van der Waals surface area contributed by atoms with Crippen LogP contribution in [0.5, 0.6) is 0 Å². The summed E-state index contributed by atoms with van der Waals surface area (Å²) in [7, 11) is 0. The van der Waals surface area contributed by atoms with E-state index in [2.05, 4.69) is 31.9 Å². The molecule has 3 N–H and O–H groups in total. The Balaban J connectivity index is 1.83. The van der Waals surface area contributed by atoms with Crippen molar-refractivity contribution in [3.05, 3.63) is 57.5 Å². The molecule has 0 aromatic heterocycles. The number of aryl methyl sites for hydroxylation is 1. The molecular weight excluding hydrogens is 410 g/mol. The van der Waals surface area contributed by atoms with Crippen LogP contribution in [0.2, 0.25) is 5.02 Å². The van der Waals surface area contributed by atoms with E-state index in [1.165, 1.54) is 0 Å². The minimum absolute atomic E-state index is 0.325.